The lowest BCUT2D eigenvalue weighted by atomic mass is 10.1. The number of carbonyl (C=O) groups is 2. The second-order valence-electron chi connectivity index (χ2n) is 7.04. The summed E-state index contributed by atoms with van der Waals surface area (Å²) >= 11 is 0. The Balaban J connectivity index is 1.82. The first-order chi connectivity index (χ1) is 15.4. The molecule has 0 aliphatic carbocycles. The van der Waals surface area contributed by atoms with Crippen LogP contribution in [-0.4, -0.2) is 41.5 Å². The lowest BCUT2D eigenvalue weighted by molar-refractivity contribution is 0.0997. The second kappa shape index (κ2) is 10.2. The fraction of sp³-hybridized carbons (Fsp3) is 0.182. The molecule has 10 heteroatoms. The van der Waals surface area contributed by atoms with Crippen molar-refractivity contribution in [2.45, 2.75) is 13.0 Å². The van der Waals surface area contributed by atoms with Crippen molar-refractivity contribution >= 4 is 35.0 Å². The van der Waals surface area contributed by atoms with Crippen LogP contribution in [0.15, 0.2) is 54.7 Å². The molecule has 0 fully saturated rings. The molecule has 3 rings (SSSR count). The zero-order valence-electron chi connectivity index (χ0n) is 17.8. The smallest absolute Gasteiger partial charge is 0.255 e. The van der Waals surface area contributed by atoms with Crippen LogP contribution in [-0.2, 0) is 0 Å². The molecule has 166 valence electrons. The number of carbonyl (C=O) groups excluding carboxylic acids is 2. The summed E-state index contributed by atoms with van der Waals surface area (Å²) in [5.74, 6) is 0.0439. The minimum absolute atomic E-state index is 0.107. The Hall–Kier alpha value is -4.18. The van der Waals surface area contributed by atoms with E-state index >= 15 is 0 Å². The van der Waals surface area contributed by atoms with Crippen LogP contribution in [0.1, 0.15) is 27.6 Å². The van der Waals surface area contributed by atoms with Gasteiger partial charge in [0, 0.05) is 30.0 Å². The molecule has 1 heterocycles. The van der Waals surface area contributed by atoms with Crippen molar-refractivity contribution in [2.75, 3.05) is 29.6 Å². The molecule has 7 N–H and O–H groups in total. The van der Waals surface area contributed by atoms with Crippen molar-refractivity contribution in [3.05, 3.63) is 65.9 Å². The molecule has 2 amide bonds. The summed E-state index contributed by atoms with van der Waals surface area (Å²) in [5, 5.41) is 8.85. The first-order valence-electron chi connectivity index (χ1n) is 9.85. The highest BCUT2D eigenvalue weighted by Gasteiger charge is 2.14. The number of hydrogen-bond donors (Lipinski definition) is 5. The zero-order chi connectivity index (χ0) is 23.1. The number of amides is 2. The lowest BCUT2D eigenvalue weighted by Crippen LogP contribution is -2.26. The Bertz CT molecular complexity index is 1120. The Labute approximate surface area is 185 Å². The van der Waals surface area contributed by atoms with E-state index in [1.807, 2.05) is 13.0 Å². The molecule has 1 atom stereocenters. The third-order valence-corrected chi connectivity index (χ3v) is 4.38. The predicted molar refractivity (Wildman–Crippen MR) is 123 cm³/mol. The molecule has 0 saturated heterocycles. The molecule has 0 spiro atoms. The van der Waals surface area contributed by atoms with Gasteiger partial charge in [0.2, 0.25) is 5.95 Å². The Kier molecular flexibility index (Phi) is 7.19. The van der Waals surface area contributed by atoms with Crippen molar-refractivity contribution in [2.24, 2.45) is 11.5 Å². The van der Waals surface area contributed by atoms with Crippen LogP contribution in [0.3, 0.4) is 0 Å². The number of anilines is 4. The second-order valence-corrected chi connectivity index (χ2v) is 7.04. The van der Waals surface area contributed by atoms with E-state index in [-0.39, 0.29) is 23.3 Å². The van der Waals surface area contributed by atoms with E-state index in [4.69, 9.17) is 16.2 Å². The van der Waals surface area contributed by atoms with Gasteiger partial charge in [-0.3, -0.25) is 9.59 Å². The molecule has 0 bridgehead atoms. The first-order valence-corrected chi connectivity index (χ1v) is 9.85. The van der Waals surface area contributed by atoms with Gasteiger partial charge >= 0.3 is 0 Å². The number of benzene rings is 2. The number of hydrogen-bond acceptors (Lipinski definition) is 8. The number of ether oxygens (including phenoxy) is 1. The minimum Gasteiger partial charge on any atom is -0.495 e. The van der Waals surface area contributed by atoms with E-state index < -0.39 is 5.91 Å². The van der Waals surface area contributed by atoms with Crippen LogP contribution in [0.5, 0.6) is 5.75 Å². The highest BCUT2D eigenvalue weighted by atomic mass is 16.5. The van der Waals surface area contributed by atoms with Crippen LogP contribution in [0.2, 0.25) is 0 Å². The fourth-order valence-electron chi connectivity index (χ4n) is 2.81. The van der Waals surface area contributed by atoms with Crippen LogP contribution < -0.4 is 32.2 Å². The van der Waals surface area contributed by atoms with Gasteiger partial charge in [-0.05, 0) is 37.3 Å². The lowest BCUT2D eigenvalue weighted by Gasteiger charge is -2.13. The summed E-state index contributed by atoms with van der Waals surface area (Å²) in [5.41, 5.74) is 12.8. The third kappa shape index (κ3) is 5.70. The maximum atomic E-state index is 12.7. The number of nitrogens with zero attached hydrogens (tertiary/aromatic N) is 2. The average Bonchev–Trinajstić information content (AvgIpc) is 2.78. The maximum Gasteiger partial charge on any atom is 0.255 e. The van der Waals surface area contributed by atoms with Gasteiger partial charge in [0.05, 0.1) is 12.8 Å². The zero-order valence-corrected chi connectivity index (χ0v) is 17.8. The van der Waals surface area contributed by atoms with Crippen molar-refractivity contribution in [1.29, 1.82) is 0 Å². The molecule has 32 heavy (non-hydrogen) atoms. The van der Waals surface area contributed by atoms with Gasteiger partial charge in [-0.2, -0.15) is 4.98 Å². The van der Waals surface area contributed by atoms with Crippen molar-refractivity contribution in [3.8, 4) is 5.75 Å². The topological polar surface area (TPSA) is 157 Å². The summed E-state index contributed by atoms with van der Waals surface area (Å²) in [4.78, 5) is 33.0. The molecule has 0 aliphatic rings. The van der Waals surface area contributed by atoms with Gasteiger partial charge in [0.1, 0.15) is 17.1 Å². The maximum absolute atomic E-state index is 12.7. The number of para-hydroxylation sites is 2. The number of methoxy groups -OCH3 is 1. The van der Waals surface area contributed by atoms with Crippen LogP contribution in [0.25, 0.3) is 0 Å². The van der Waals surface area contributed by atoms with E-state index in [0.717, 1.165) is 0 Å². The Morgan fingerprint density at radius 3 is 2.66 bits per heavy atom. The summed E-state index contributed by atoms with van der Waals surface area (Å²) in [6, 6.07) is 13.8. The van der Waals surface area contributed by atoms with Gasteiger partial charge in [-0.15, -0.1) is 0 Å². The predicted octanol–water partition coefficient (Wildman–Crippen LogP) is 2.34. The standard InChI is InChI=1S/C22H25N7O3/c1-13(23)11-25-22-26-12-16(19(24)30)20(29-22)27-15-7-5-6-14(10-15)21(31)28-17-8-3-4-9-18(17)32-2/h3-10,12-13H,11,23H2,1-2H3,(H2,24,30)(H,28,31)(H2,25,26,27,29). The molecular formula is C22H25N7O3. The molecule has 2 aromatic carbocycles. The number of nitrogens with one attached hydrogen (secondary N) is 3. The minimum atomic E-state index is -0.684. The molecule has 0 radical (unpaired) electrons. The largest absolute Gasteiger partial charge is 0.495 e. The van der Waals surface area contributed by atoms with E-state index in [1.54, 1.807) is 42.5 Å². The normalized spacial score (nSPS) is 11.3. The number of primary amides is 1. The van der Waals surface area contributed by atoms with Crippen LogP contribution in [0.4, 0.5) is 23.1 Å². The average molecular weight is 435 g/mol. The summed E-state index contributed by atoms with van der Waals surface area (Å²) in [6.07, 6.45) is 1.33. The number of aromatic nitrogens is 2. The third-order valence-electron chi connectivity index (χ3n) is 4.38. The van der Waals surface area contributed by atoms with Crippen molar-refractivity contribution in [3.63, 3.8) is 0 Å². The molecule has 1 aromatic heterocycles. The first kappa shape index (κ1) is 22.5. The SMILES string of the molecule is COc1ccccc1NC(=O)c1cccc(Nc2nc(NCC(C)N)ncc2C(N)=O)c1. The molecule has 0 saturated carbocycles. The highest BCUT2D eigenvalue weighted by Crippen LogP contribution is 2.25. The van der Waals surface area contributed by atoms with Crippen LogP contribution >= 0.6 is 0 Å². The van der Waals surface area contributed by atoms with E-state index in [9.17, 15) is 9.59 Å². The molecular weight excluding hydrogens is 410 g/mol. The van der Waals surface area contributed by atoms with Crippen LogP contribution in [0, 0.1) is 0 Å². The van der Waals surface area contributed by atoms with Gasteiger partial charge in [-0.25, -0.2) is 4.98 Å². The van der Waals surface area contributed by atoms with Crippen molar-refractivity contribution < 1.29 is 14.3 Å². The fourth-order valence-corrected chi connectivity index (χ4v) is 2.81. The number of rotatable bonds is 9. The van der Waals surface area contributed by atoms with E-state index in [1.165, 1.54) is 13.3 Å². The highest BCUT2D eigenvalue weighted by molar-refractivity contribution is 6.05. The molecule has 1 unspecified atom stereocenters. The summed E-state index contributed by atoms with van der Waals surface area (Å²) in [6.45, 7) is 2.29. The Morgan fingerprint density at radius 2 is 1.94 bits per heavy atom. The quantitative estimate of drug-likeness (QED) is 0.343. The Morgan fingerprint density at radius 1 is 1.16 bits per heavy atom. The van der Waals surface area contributed by atoms with Gasteiger partial charge in [-0.1, -0.05) is 18.2 Å². The monoisotopic (exact) mass is 435 g/mol. The molecule has 0 aliphatic heterocycles. The number of nitrogens with two attached hydrogens (primary N) is 2. The molecule has 3 aromatic rings. The van der Waals surface area contributed by atoms with Gasteiger partial charge in [0.15, 0.2) is 0 Å². The van der Waals surface area contributed by atoms with Gasteiger partial charge < -0.3 is 32.2 Å². The van der Waals surface area contributed by atoms with E-state index in [0.29, 0.717) is 35.2 Å². The molecule has 10 nitrogen and oxygen atoms in total. The summed E-state index contributed by atoms with van der Waals surface area (Å²) in [7, 11) is 1.53. The summed E-state index contributed by atoms with van der Waals surface area (Å²) < 4.78 is 5.27. The van der Waals surface area contributed by atoms with Crippen molar-refractivity contribution in [1.82, 2.24) is 9.97 Å². The van der Waals surface area contributed by atoms with E-state index in [2.05, 4.69) is 25.9 Å². The van der Waals surface area contributed by atoms with Gasteiger partial charge in [0.25, 0.3) is 11.8 Å².